The summed E-state index contributed by atoms with van der Waals surface area (Å²) in [5, 5.41) is 23.4. The number of thioether (sulfide) groups is 1. The van der Waals surface area contributed by atoms with E-state index in [1.807, 2.05) is 43.3 Å². The number of hydrogen-bond donors (Lipinski definition) is 3. The average Bonchev–Trinajstić information content (AvgIpc) is 2.86. The highest BCUT2D eigenvalue weighted by atomic mass is 32.2. The molecule has 0 fully saturated rings. The number of benzene rings is 3. The first kappa shape index (κ1) is 27.9. The van der Waals surface area contributed by atoms with Crippen LogP contribution in [0.3, 0.4) is 0 Å². The predicted molar refractivity (Wildman–Crippen MR) is 148 cm³/mol. The minimum Gasteiger partial charge on any atom is -0.478 e. The van der Waals surface area contributed by atoms with E-state index in [9.17, 15) is 15.0 Å². The number of carboxylic acid groups (broad SMARTS) is 1. The maximum atomic E-state index is 11.4. The van der Waals surface area contributed by atoms with E-state index in [2.05, 4.69) is 49.7 Å². The third kappa shape index (κ3) is 7.68. The van der Waals surface area contributed by atoms with Gasteiger partial charge in [0.05, 0.1) is 24.4 Å². The van der Waals surface area contributed by atoms with Gasteiger partial charge in [-0.2, -0.15) is 0 Å². The lowest BCUT2D eigenvalue weighted by Gasteiger charge is -2.28. The molecule has 0 saturated heterocycles. The molecule has 5 nitrogen and oxygen atoms in total. The van der Waals surface area contributed by atoms with Crippen molar-refractivity contribution in [1.29, 1.82) is 0 Å². The van der Waals surface area contributed by atoms with Crippen molar-refractivity contribution < 1.29 is 19.7 Å². The van der Waals surface area contributed by atoms with Crippen molar-refractivity contribution in [2.45, 2.75) is 56.8 Å². The van der Waals surface area contributed by atoms with E-state index >= 15 is 0 Å². The second kappa shape index (κ2) is 12.5. The van der Waals surface area contributed by atoms with Crippen LogP contribution in [0.4, 0.5) is 0 Å². The van der Waals surface area contributed by atoms with Crippen molar-refractivity contribution >= 4 is 17.7 Å². The zero-order valence-electron chi connectivity index (χ0n) is 21.7. The third-order valence-electron chi connectivity index (χ3n) is 6.33. The van der Waals surface area contributed by atoms with Crippen LogP contribution in [0.15, 0.2) is 71.6 Å². The topological polar surface area (TPSA) is 78.8 Å². The molecule has 0 amide bonds. The lowest BCUT2D eigenvalue weighted by Crippen LogP contribution is -2.46. The summed E-state index contributed by atoms with van der Waals surface area (Å²) in [6.45, 7) is 8.69. The molecule has 0 heterocycles. The first-order chi connectivity index (χ1) is 17.1. The minimum atomic E-state index is -0.927. The maximum absolute atomic E-state index is 11.4. The summed E-state index contributed by atoms with van der Waals surface area (Å²) in [4.78, 5) is 12.6. The van der Waals surface area contributed by atoms with Crippen LogP contribution in [0, 0.1) is 6.92 Å². The number of rotatable bonds is 12. The zero-order chi connectivity index (χ0) is 26.3. The van der Waals surface area contributed by atoms with Gasteiger partial charge in [-0.25, -0.2) is 4.79 Å². The summed E-state index contributed by atoms with van der Waals surface area (Å²) in [5.41, 5.74) is 5.04. The second-order valence-corrected chi connectivity index (χ2v) is 10.7. The molecule has 0 aliphatic carbocycles. The lowest BCUT2D eigenvalue weighted by molar-refractivity contribution is -0.00397. The third-order valence-corrected chi connectivity index (χ3v) is 7.07. The Bertz CT molecular complexity index is 1160. The number of hydrogen-bond acceptors (Lipinski definition) is 5. The van der Waals surface area contributed by atoms with Gasteiger partial charge in [0.2, 0.25) is 0 Å². The molecule has 2 unspecified atom stereocenters. The van der Waals surface area contributed by atoms with Crippen LogP contribution in [0.5, 0.6) is 0 Å². The lowest BCUT2D eigenvalue weighted by atomic mass is 9.94. The molecule has 3 aromatic rings. The fourth-order valence-electron chi connectivity index (χ4n) is 4.30. The number of aromatic carboxylic acids is 1. The van der Waals surface area contributed by atoms with Gasteiger partial charge in [0.15, 0.2) is 0 Å². The van der Waals surface area contributed by atoms with Crippen molar-refractivity contribution in [2.75, 3.05) is 19.4 Å². The highest BCUT2D eigenvalue weighted by molar-refractivity contribution is 7.98. The van der Waals surface area contributed by atoms with Crippen LogP contribution < -0.4 is 5.32 Å². The quantitative estimate of drug-likeness (QED) is 0.256. The molecule has 0 spiro atoms. The Morgan fingerprint density at radius 3 is 2.42 bits per heavy atom. The number of carboxylic acids is 1. The monoisotopic (exact) mass is 507 g/mol. The highest BCUT2D eigenvalue weighted by Gasteiger charge is 2.20. The predicted octanol–water partition coefficient (Wildman–Crippen LogP) is 6.13. The molecule has 0 aromatic heterocycles. The molecular formula is C30H37NO4S. The van der Waals surface area contributed by atoms with Gasteiger partial charge >= 0.3 is 5.97 Å². The molecule has 3 N–H and O–H groups in total. The van der Waals surface area contributed by atoms with Gasteiger partial charge in [0.25, 0.3) is 0 Å². The van der Waals surface area contributed by atoms with Gasteiger partial charge in [0, 0.05) is 17.0 Å². The summed E-state index contributed by atoms with van der Waals surface area (Å²) in [6.07, 6.45) is 2.05. The van der Waals surface area contributed by atoms with Crippen LogP contribution in [0.2, 0.25) is 0 Å². The van der Waals surface area contributed by atoms with Crippen LogP contribution in [0.1, 0.15) is 53.9 Å². The Kier molecular flexibility index (Phi) is 9.74. The molecule has 0 saturated carbocycles. The van der Waals surface area contributed by atoms with E-state index in [1.54, 1.807) is 24.8 Å². The number of ether oxygens (including phenoxy) is 1. The molecule has 6 heteroatoms. The fraction of sp³-hybridized carbons (Fsp3) is 0.367. The molecule has 0 bridgehead atoms. The average molecular weight is 508 g/mol. The minimum absolute atomic E-state index is 0.167. The number of aliphatic hydroxyl groups excluding tert-OH is 1. The number of nitrogens with one attached hydrogen (secondary N) is 1. The summed E-state index contributed by atoms with van der Waals surface area (Å²) in [7, 11) is 0. The summed E-state index contributed by atoms with van der Waals surface area (Å²) in [5.74, 6) is -0.927. The Labute approximate surface area is 218 Å². The molecular weight excluding hydrogens is 470 g/mol. The van der Waals surface area contributed by atoms with Gasteiger partial charge in [-0.05, 0) is 86.4 Å². The molecule has 3 rings (SSSR count). The highest BCUT2D eigenvalue weighted by Crippen LogP contribution is 2.31. The number of aliphatic hydroxyl groups is 1. The molecule has 0 radical (unpaired) electrons. The Balaban J connectivity index is 1.57. The van der Waals surface area contributed by atoms with Crippen LogP contribution in [0.25, 0.3) is 11.1 Å². The van der Waals surface area contributed by atoms with Crippen molar-refractivity contribution in [3.8, 4) is 11.1 Å². The van der Waals surface area contributed by atoms with E-state index in [0.717, 1.165) is 23.1 Å². The molecule has 192 valence electrons. The van der Waals surface area contributed by atoms with E-state index in [4.69, 9.17) is 4.74 Å². The van der Waals surface area contributed by atoms with Crippen molar-refractivity contribution in [1.82, 2.24) is 5.32 Å². The van der Waals surface area contributed by atoms with Crippen molar-refractivity contribution in [3.63, 3.8) is 0 Å². The van der Waals surface area contributed by atoms with Crippen LogP contribution in [-0.4, -0.2) is 47.2 Å². The van der Waals surface area contributed by atoms with Crippen LogP contribution in [-0.2, 0) is 11.2 Å². The summed E-state index contributed by atoms with van der Waals surface area (Å²) < 4.78 is 6.07. The van der Waals surface area contributed by atoms with E-state index < -0.39 is 12.1 Å². The van der Waals surface area contributed by atoms with E-state index in [-0.39, 0.29) is 18.2 Å². The van der Waals surface area contributed by atoms with Gasteiger partial charge < -0.3 is 20.3 Å². The summed E-state index contributed by atoms with van der Waals surface area (Å²) >= 11 is 1.73. The first-order valence-electron chi connectivity index (χ1n) is 12.2. The molecule has 0 aliphatic rings. The largest absolute Gasteiger partial charge is 0.478 e. The smallest absolute Gasteiger partial charge is 0.335 e. The van der Waals surface area contributed by atoms with Gasteiger partial charge in [0.1, 0.15) is 0 Å². The first-order valence-corrected chi connectivity index (χ1v) is 13.4. The maximum Gasteiger partial charge on any atom is 0.335 e. The Morgan fingerprint density at radius 2 is 1.78 bits per heavy atom. The van der Waals surface area contributed by atoms with Crippen molar-refractivity contribution in [2.24, 2.45) is 0 Å². The fourth-order valence-corrected chi connectivity index (χ4v) is 4.71. The molecule has 0 aliphatic heterocycles. The second-order valence-electron chi connectivity index (χ2n) is 9.84. The number of β-amino-alcohol motifs (C(OH)–C–C–N with tert-alkyl or cyclic N) is 1. The molecule has 2 atom stereocenters. The van der Waals surface area contributed by atoms with E-state index in [1.165, 1.54) is 10.5 Å². The Morgan fingerprint density at radius 1 is 1.08 bits per heavy atom. The van der Waals surface area contributed by atoms with E-state index in [0.29, 0.717) is 17.7 Å². The molecule has 36 heavy (non-hydrogen) atoms. The van der Waals surface area contributed by atoms with Crippen LogP contribution >= 0.6 is 11.8 Å². The zero-order valence-corrected chi connectivity index (χ0v) is 22.6. The Hall–Kier alpha value is -2.64. The van der Waals surface area contributed by atoms with Gasteiger partial charge in [-0.15, -0.1) is 11.8 Å². The number of carbonyl (C=O) groups is 1. The normalized spacial score (nSPS) is 13.4. The summed E-state index contributed by atoms with van der Waals surface area (Å²) in [6, 6.07) is 21.9. The molecule has 3 aromatic carbocycles. The number of aryl methyl sites for hydroxylation is 1. The van der Waals surface area contributed by atoms with Crippen molar-refractivity contribution in [3.05, 3.63) is 89.0 Å². The SMILES string of the molecule is CSc1ccc(CC(C)(C)NCC(O)COC(C)c2ccccc2-c2ccc(C(=O)O)c(C)c2)cc1. The van der Waals surface area contributed by atoms with Gasteiger partial charge in [-0.3, -0.25) is 0 Å². The standard InChI is InChI=1S/C30H37NO4S/c1-20-16-23(12-15-26(20)29(33)34)28-9-7-6-8-27(28)21(2)35-19-24(32)18-31-30(3,4)17-22-10-13-25(36-5)14-11-22/h6-16,21,24,31-32H,17-19H2,1-5H3,(H,33,34). The van der Waals surface area contributed by atoms with Gasteiger partial charge in [-0.1, -0.05) is 48.5 Å².